The van der Waals surface area contributed by atoms with Crippen molar-refractivity contribution in [3.8, 4) is 11.5 Å². The van der Waals surface area contributed by atoms with Crippen LogP contribution in [0.15, 0.2) is 18.2 Å². The first kappa shape index (κ1) is 13.7. The molecule has 0 saturated heterocycles. The number of aliphatic hydroxyl groups is 1. The van der Waals surface area contributed by atoms with Crippen molar-refractivity contribution in [1.29, 1.82) is 0 Å². The molecule has 4 heteroatoms. The summed E-state index contributed by atoms with van der Waals surface area (Å²) in [6.07, 6.45) is 4.01. The predicted octanol–water partition coefficient (Wildman–Crippen LogP) is 2.10. The molecule has 2 unspecified atom stereocenters. The quantitative estimate of drug-likeness (QED) is 0.885. The van der Waals surface area contributed by atoms with E-state index >= 15 is 0 Å². The minimum atomic E-state index is -0.130. The van der Waals surface area contributed by atoms with Gasteiger partial charge in [-0.3, -0.25) is 0 Å². The SMILES string of the molecule is OC1CCCC1CNCc1cccc2c1OCCCO2. The Bertz CT molecular complexity index is 449. The van der Waals surface area contributed by atoms with E-state index in [4.69, 9.17) is 9.47 Å². The van der Waals surface area contributed by atoms with E-state index in [9.17, 15) is 5.11 Å². The van der Waals surface area contributed by atoms with Crippen molar-refractivity contribution in [2.75, 3.05) is 19.8 Å². The van der Waals surface area contributed by atoms with E-state index in [1.54, 1.807) is 0 Å². The van der Waals surface area contributed by atoms with Crippen LogP contribution in [0.5, 0.6) is 11.5 Å². The van der Waals surface area contributed by atoms with Crippen LogP contribution in [0.2, 0.25) is 0 Å². The number of rotatable bonds is 4. The summed E-state index contributed by atoms with van der Waals surface area (Å²) in [5, 5.41) is 13.3. The molecule has 0 amide bonds. The van der Waals surface area contributed by atoms with E-state index in [0.717, 1.165) is 62.4 Å². The fourth-order valence-electron chi connectivity index (χ4n) is 3.04. The number of fused-ring (bicyclic) bond motifs is 1. The molecular weight excluding hydrogens is 254 g/mol. The van der Waals surface area contributed by atoms with Crippen molar-refractivity contribution in [3.05, 3.63) is 23.8 Å². The fraction of sp³-hybridized carbons (Fsp3) is 0.625. The summed E-state index contributed by atoms with van der Waals surface area (Å²) in [5.74, 6) is 2.13. The van der Waals surface area contributed by atoms with Gasteiger partial charge < -0.3 is 19.9 Å². The third-order valence-corrected chi connectivity index (χ3v) is 4.19. The largest absolute Gasteiger partial charge is 0.490 e. The van der Waals surface area contributed by atoms with Gasteiger partial charge in [0, 0.05) is 25.1 Å². The molecular formula is C16H23NO3. The van der Waals surface area contributed by atoms with Gasteiger partial charge in [0.05, 0.1) is 19.3 Å². The molecule has 1 heterocycles. The highest BCUT2D eigenvalue weighted by Gasteiger charge is 2.24. The zero-order valence-corrected chi connectivity index (χ0v) is 11.8. The Hall–Kier alpha value is -1.26. The summed E-state index contributed by atoms with van der Waals surface area (Å²) in [7, 11) is 0. The Labute approximate surface area is 120 Å². The molecule has 2 atom stereocenters. The molecule has 1 aliphatic heterocycles. The van der Waals surface area contributed by atoms with Crippen LogP contribution in [-0.2, 0) is 6.54 Å². The van der Waals surface area contributed by atoms with Crippen molar-refractivity contribution in [2.45, 2.75) is 38.3 Å². The zero-order chi connectivity index (χ0) is 13.8. The maximum Gasteiger partial charge on any atom is 0.165 e. The number of nitrogens with one attached hydrogen (secondary N) is 1. The average molecular weight is 277 g/mol. The Morgan fingerprint density at radius 3 is 2.90 bits per heavy atom. The van der Waals surface area contributed by atoms with E-state index in [-0.39, 0.29) is 6.10 Å². The van der Waals surface area contributed by atoms with E-state index < -0.39 is 0 Å². The monoisotopic (exact) mass is 277 g/mol. The summed E-state index contributed by atoms with van der Waals surface area (Å²) in [6.45, 7) is 3.06. The predicted molar refractivity (Wildman–Crippen MR) is 77.1 cm³/mol. The summed E-state index contributed by atoms with van der Waals surface area (Å²) in [4.78, 5) is 0. The van der Waals surface area contributed by atoms with Crippen molar-refractivity contribution in [2.24, 2.45) is 5.92 Å². The van der Waals surface area contributed by atoms with Gasteiger partial charge in [-0.15, -0.1) is 0 Å². The molecule has 0 radical (unpaired) electrons. The van der Waals surface area contributed by atoms with Crippen LogP contribution >= 0.6 is 0 Å². The first-order valence-electron chi connectivity index (χ1n) is 7.61. The molecule has 1 aromatic rings. The topological polar surface area (TPSA) is 50.7 Å². The van der Waals surface area contributed by atoms with Gasteiger partial charge in [-0.05, 0) is 24.8 Å². The van der Waals surface area contributed by atoms with Crippen molar-refractivity contribution >= 4 is 0 Å². The lowest BCUT2D eigenvalue weighted by Crippen LogP contribution is -2.27. The maximum absolute atomic E-state index is 9.83. The number of ether oxygens (including phenoxy) is 2. The fourth-order valence-corrected chi connectivity index (χ4v) is 3.04. The van der Waals surface area contributed by atoms with Crippen molar-refractivity contribution in [1.82, 2.24) is 5.32 Å². The number of benzene rings is 1. The van der Waals surface area contributed by atoms with Gasteiger partial charge in [-0.25, -0.2) is 0 Å². The average Bonchev–Trinajstić information content (AvgIpc) is 2.73. The normalized spacial score (nSPS) is 25.4. The number of hydrogen-bond donors (Lipinski definition) is 2. The van der Waals surface area contributed by atoms with Gasteiger partial charge in [-0.1, -0.05) is 18.6 Å². The van der Waals surface area contributed by atoms with Crippen LogP contribution in [-0.4, -0.2) is 31.0 Å². The lowest BCUT2D eigenvalue weighted by Gasteiger charge is -2.17. The Balaban J connectivity index is 1.60. The van der Waals surface area contributed by atoms with E-state index in [1.165, 1.54) is 0 Å². The molecule has 20 heavy (non-hydrogen) atoms. The Morgan fingerprint density at radius 1 is 1.15 bits per heavy atom. The second kappa shape index (κ2) is 6.46. The van der Waals surface area contributed by atoms with Crippen molar-refractivity contribution in [3.63, 3.8) is 0 Å². The molecule has 3 rings (SSSR count). The van der Waals surface area contributed by atoms with Gasteiger partial charge in [0.25, 0.3) is 0 Å². The highest BCUT2D eigenvalue weighted by atomic mass is 16.5. The molecule has 2 aliphatic rings. The standard InChI is InChI=1S/C16H23NO3/c18-14-6-1-4-12(14)10-17-11-13-5-2-7-15-16(13)20-9-3-8-19-15/h2,5,7,12,14,17-18H,1,3-4,6,8-11H2. The highest BCUT2D eigenvalue weighted by Crippen LogP contribution is 2.33. The highest BCUT2D eigenvalue weighted by molar-refractivity contribution is 5.47. The molecule has 1 fully saturated rings. The second-order valence-electron chi connectivity index (χ2n) is 5.68. The van der Waals surface area contributed by atoms with Crippen LogP contribution in [0.4, 0.5) is 0 Å². The zero-order valence-electron chi connectivity index (χ0n) is 11.8. The lowest BCUT2D eigenvalue weighted by molar-refractivity contribution is 0.131. The summed E-state index contributed by atoms with van der Waals surface area (Å²) in [5.41, 5.74) is 1.14. The van der Waals surface area contributed by atoms with E-state index in [0.29, 0.717) is 12.5 Å². The first-order valence-corrected chi connectivity index (χ1v) is 7.61. The van der Waals surface area contributed by atoms with Crippen molar-refractivity contribution < 1.29 is 14.6 Å². The molecule has 1 saturated carbocycles. The number of para-hydroxylation sites is 1. The van der Waals surface area contributed by atoms with Crippen LogP contribution < -0.4 is 14.8 Å². The van der Waals surface area contributed by atoms with Gasteiger partial charge >= 0.3 is 0 Å². The third-order valence-electron chi connectivity index (χ3n) is 4.19. The second-order valence-corrected chi connectivity index (χ2v) is 5.68. The molecule has 110 valence electrons. The molecule has 4 nitrogen and oxygen atoms in total. The van der Waals surface area contributed by atoms with Gasteiger partial charge in [0.15, 0.2) is 11.5 Å². The van der Waals surface area contributed by atoms with Crippen LogP contribution in [0, 0.1) is 5.92 Å². The van der Waals surface area contributed by atoms with Gasteiger partial charge in [0.1, 0.15) is 0 Å². The molecule has 0 bridgehead atoms. The molecule has 1 aliphatic carbocycles. The first-order chi connectivity index (χ1) is 9.84. The summed E-state index contributed by atoms with van der Waals surface area (Å²) >= 11 is 0. The van der Waals surface area contributed by atoms with E-state index in [2.05, 4.69) is 11.4 Å². The Kier molecular flexibility index (Phi) is 4.43. The lowest BCUT2D eigenvalue weighted by atomic mass is 10.1. The maximum atomic E-state index is 9.83. The molecule has 0 spiro atoms. The summed E-state index contributed by atoms with van der Waals surface area (Å²) in [6, 6.07) is 6.05. The molecule has 1 aromatic carbocycles. The minimum absolute atomic E-state index is 0.130. The number of aliphatic hydroxyl groups excluding tert-OH is 1. The third kappa shape index (κ3) is 3.07. The minimum Gasteiger partial charge on any atom is -0.490 e. The molecule has 0 aromatic heterocycles. The Morgan fingerprint density at radius 2 is 2.05 bits per heavy atom. The van der Waals surface area contributed by atoms with Crippen LogP contribution in [0.1, 0.15) is 31.2 Å². The smallest absolute Gasteiger partial charge is 0.165 e. The van der Waals surface area contributed by atoms with Gasteiger partial charge in [-0.2, -0.15) is 0 Å². The number of hydrogen-bond acceptors (Lipinski definition) is 4. The van der Waals surface area contributed by atoms with Gasteiger partial charge in [0.2, 0.25) is 0 Å². The van der Waals surface area contributed by atoms with Crippen LogP contribution in [0.25, 0.3) is 0 Å². The van der Waals surface area contributed by atoms with Crippen LogP contribution in [0.3, 0.4) is 0 Å². The van der Waals surface area contributed by atoms with E-state index in [1.807, 2.05) is 12.1 Å². The molecule has 2 N–H and O–H groups in total. The summed E-state index contributed by atoms with van der Waals surface area (Å²) < 4.78 is 11.5.